The Balaban J connectivity index is 2.17. The van der Waals surface area contributed by atoms with Crippen molar-refractivity contribution in [3.05, 3.63) is 35.4 Å². The molecule has 3 atom stereocenters. The average Bonchev–Trinajstić information content (AvgIpc) is 2.28. The number of hydrogen-bond acceptors (Lipinski definition) is 3. The molecule has 1 aliphatic heterocycles. The normalized spacial score (nSPS) is 27.1. The lowest BCUT2D eigenvalue weighted by atomic mass is 10.0. The molecule has 0 radical (unpaired) electrons. The summed E-state index contributed by atoms with van der Waals surface area (Å²) in [4.78, 5) is 2.45. The summed E-state index contributed by atoms with van der Waals surface area (Å²) in [5.74, 6) is 0. The first-order valence-electron chi connectivity index (χ1n) is 6.76. The van der Waals surface area contributed by atoms with Gasteiger partial charge in [-0.25, -0.2) is 0 Å². The van der Waals surface area contributed by atoms with E-state index >= 15 is 0 Å². The van der Waals surface area contributed by atoms with Crippen LogP contribution in [0, 0.1) is 6.92 Å². The second-order valence-electron chi connectivity index (χ2n) is 5.38. The minimum atomic E-state index is 0.285. The summed E-state index contributed by atoms with van der Waals surface area (Å²) in [6.45, 7) is 8.96. The average molecular weight is 248 g/mol. The third-order valence-corrected chi connectivity index (χ3v) is 3.54. The zero-order valence-electron chi connectivity index (χ0n) is 11.6. The van der Waals surface area contributed by atoms with E-state index in [1.807, 2.05) is 0 Å². The van der Waals surface area contributed by atoms with E-state index < -0.39 is 0 Å². The van der Waals surface area contributed by atoms with Crippen LogP contribution in [0.4, 0.5) is 0 Å². The summed E-state index contributed by atoms with van der Waals surface area (Å²) >= 11 is 0. The molecule has 3 heteroatoms. The Labute approximate surface area is 110 Å². The molecule has 1 aromatic carbocycles. The highest BCUT2D eigenvalue weighted by atomic mass is 16.5. The number of aryl methyl sites for hydroxylation is 1. The second-order valence-corrected chi connectivity index (χ2v) is 5.38. The van der Waals surface area contributed by atoms with E-state index in [1.54, 1.807) is 0 Å². The van der Waals surface area contributed by atoms with Crippen molar-refractivity contribution in [1.29, 1.82) is 0 Å². The highest BCUT2D eigenvalue weighted by molar-refractivity contribution is 5.25. The van der Waals surface area contributed by atoms with E-state index in [1.165, 1.54) is 11.1 Å². The smallest absolute Gasteiger partial charge is 0.0678 e. The number of benzene rings is 1. The van der Waals surface area contributed by atoms with Crippen molar-refractivity contribution >= 4 is 0 Å². The number of nitrogens with two attached hydrogens (primary N) is 1. The first-order chi connectivity index (χ1) is 8.60. The predicted octanol–water partition coefficient (Wildman–Crippen LogP) is 2.10. The van der Waals surface area contributed by atoms with Crippen molar-refractivity contribution in [2.24, 2.45) is 5.73 Å². The van der Waals surface area contributed by atoms with E-state index in [2.05, 4.69) is 49.9 Å². The largest absolute Gasteiger partial charge is 0.373 e. The van der Waals surface area contributed by atoms with E-state index in [9.17, 15) is 0 Å². The number of nitrogens with zero attached hydrogens (tertiary/aromatic N) is 1. The minimum Gasteiger partial charge on any atom is -0.373 e. The van der Waals surface area contributed by atoms with Crippen molar-refractivity contribution in [2.75, 3.05) is 19.6 Å². The Morgan fingerprint density at radius 3 is 2.56 bits per heavy atom. The van der Waals surface area contributed by atoms with Gasteiger partial charge in [0.2, 0.25) is 0 Å². The van der Waals surface area contributed by atoms with E-state index in [0.29, 0.717) is 12.6 Å². The summed E-state index contributed by atoms with van der Waals surface area (Å²) in [6.07, 6.45) is 0.570. The van der Waals surface area contributed by atoms with E-state index in [4.69, 9.17) is 10.5 Å². The van der Waals surface area contributed by atoms with Gasteiger partial charge in [0.15, 0.2) is 0 Å². The first kappa shape index (κ1) is 13.5. The lowest BCUT2D eigenvalue weighted by Gasteiger charge is -2.40. The molecule has 3 nitrogen and oxygen atoms in total. The van der Waals surface area contributed by atoms with Crippen LogP contribution in [0.3, 0.4) is 0 Å². The van der Waals surface area contributed by atoms with Crippen LogP contribution in [0.1, 0.15) is 31.0 Å². The molecule has 0 amide bonds. The molecule has 2 rings (SSSR count). The van der Waals surface area contributed by atoms with Crippen LogP contribution >= 0.6 is 0 Å². The Morgan fingerprint density at radius 2 is 2.00 bits per heavy atom. The molecule has 1 heterocycles. The zero-order valence-corrected chi connectivity index (χ0v) is 11.6. The predicted molar refractivity (Wildman–Crippen MR) is 74.6 cm³/mol. The van der Waals surface area contributed by atoms with Gasteiger partial charge in [-0.05, 0) is 26.3 Å². The fourth-order valence-corrected chi connectivity index (χ4v) is 2.85. The Hall–Kier alpha value is -0.900. The van der Waals surface area contributed by atoms with Crippen LogP contribution in [0.25, 0.3) is 0 Å². The molecule has 0 saturated carbocycles. The Kier molecular flexibility index (Phi) is 4.38. The number of ether oxygens (including phenoxy) is 1. The maximum atomic E-state index is 5.99. The van der Waals surface area contributed by atoms with Crippen LogP contribution in [0.15, 0.2) is 24.3 Å². The minimum absolute atomic E-state index is 0.285. The highest BCUT2D eigenvalue weighted by Crippen LogP contribution is 2.24. The summed E-state index contributed by atoms with van der Waals surface area (Å²) in [5, 5.41) is 0. The quantitative estimate of drug-likeness (QED) is 0.890. The molecule has 1 saturated heterocycles. The van der Waals surface area contributed by atoms with Crippen LogP contribution in [0.2, 0.25) is 0 Å². The first-order valence-corrected chi connectivity index (χ1v) is 6.76. The zero-order chi connectivity index (χ0) is 13.1. The van der Waals surface area contributed by atoms with Gasteiger partial charge in [0.1, 0.15) is 0 Å². The van der Waals surface area contributed by atoms with Crippen molar-refractivity contribution in [3.8, 4) is 0 Å². The fraction of sp³-hybridized carbons (Fsp3) is 0.600. The van der Waals surface area contributed by atoms with E-state index in [-0.39, 0.29) is 12.2 Å². The summed E-state index contributed by atoms with van der Waals surface area (Å²) in [6, 6.07) is 8.96. The van der Waals surface area contributed by atoms with Crippen molar-refractivity contribution in [1.82, 2.24) is 4.90 Å². The van der Waals surface area contributed by atoms with Crippen LogP contribution in [-0.2, 0) is 4.74 Å². The van der Waals surface area contributed by atoms with Gasteiger partial charge in [0.05, 0.1) is 12.2 Å². The molecular formula is C15H24N2O. The van der Waals surface area contributed by atoms with Crippen molar-refractivity contribution in [3.63, 3.8) is 0 Å². The third kappa shape index (κ3) is 3.10. The molecule has 2 N–H and O–H groups in total. The second kappa shape index (κ2) is 5.83. The Morgan fingerprint density at radius 1 is 1.33 bits per heavy atom. The van der Waals surface area contributed by atoms with Gasteiger partial charge in [-0.2, -0.15) is 0 Å². The number of hydrogen-bond donors (Lipinski definition) is 1. The summed E-state index contributed by atoms with van der Waals surface area (Å²) in [7, 11) is 0. The van der Waals surface area contributed by atoms with Crippen LogP contribution < -0.4 is 5.73 Å². The van der Waals surface area contributed by atoms with Gasteiger partial charge in [-0.3, -0.25) is 4.90 Å². The standard InChI is InChI=1S/C15H24N2O/c1-11-5-4-6-14(7-11)15(8-16)17-9-12(2)18-13(3)10-17/h4-7,12-13,15H,8-10,16H2,1-3H3/t12-,13-,15-/m0/s1. The third-order valence-electron chi connectivity index (χ3n) is 3.54. The van der Waals surface area contributed by atoms with Gasteiger partial charge in [-0.1, -0.05) is 29.8 Å². The molecule has 18 heavy (non-hydrogen) atoms. The van der Waals surface area contributed by atoms with Crippen molar-refractivity contribution < 1.29 is 4.74 Å². The van der Waals surface area contributed by atoms with Gasteiger partial charge in [-0.15, -0.1) is 0 Å². The van der Waals surface area contributed by atoms with Crippen LogP contribution in [-0.4, -0.2) is 36.7 Å². The van der Waals surface area contributed by atoms with Crippen LogP contribution in [0.5, 0.6) is 0 Å². The summed E-state index contributed by atoms with van der Waals surface area (Å²) in [5.41, 5.74) is 8.60. The molecule has 0 unspecified atom stereocenters. The lowest BCUT2D eigenvalue weighted by Crippen LogP contribution is -2.48. The highest BCUT2D eigenvalue weighted by Gasteiger charge is 2.28. The lowest BCUT2D eigenvalue weighted by molar-refractivity contribution is -0.0799. The molecule has 1 fully saturated rings. The molecule has 1 aliphatic rings. The molecule has 0 spiro atoms. The molecule has 1 aromatic rings. The Bertz CT molecular complexity index is 384. The monoisotopic (exact) mass is 248 g/mol. The van der Waals surface area contributed by atoms with E-state index in [0.717, 1.165) is 13.1 Å². The summed E-state index contributed by atoms with van der Waals surface area (Å²) < 4.78 is 5.79. The molecule has 0 bridgehead atoms. The van der Waals surface area contributed by atoms with Gasteiger partial charge >= 0.3 is 0 Å². The SMILES string of the molecule is Cc1cccc([C@H](CN)N2C[C@H](C)O[C@@H](C)C2)c1. The maximum absolute atomic E-state index is 5.99. The molecular weight excluding hydrogens is 224 g/mol. The topological polar surface area (TPSA) is 38.5 Å². The van der Waals surface area contributed by atoms with Crippen molar-refractivity contribution in [2.45, 2.75) is 39.0 Å². The number of rotatable bonds is 3. The molecule has 100 valence electrons. The van der Waals surface area contributed by atoms with Gasteiger partial charge in [0, 0.05) is 25.7 Å². The fourth-order valence-electron chi connectivity index (χ4n) is 2.85. The molecule has 0 aliphatic carbocycles. The molecule has 0 aromatic heterocycles. The number of morpholine rings is 1. The van der Waals surface area contributed by atoms with Gasteiger partial charge in [0.25, 0.3) is 0 Å². The maximum Gasteiger partial charge on any atom is 0.0678 e. The van der Waals surface area contributed by atoms with Gasteiger partial charge < -0.3 is 10.5 Å².